The Bertz CT molecular complexity index is 341. The molecule has 0 aromatic carbocycles. The number of hydrogen-bond acceptors (Lipinski definition) is 12. The van der Waals surface area contributed by atoms with Crippen molar-refractivity contribution in [2.24, 2.45) is 0 Å². The van der Waals surface area contributed by atoms with Crippen molar-refractivity contribution in [3.8, 4) is 0 Å². The molecule has 0 saturated carbocycles. The maximum Gasteiger partial charge on any atom is 2.00 e. The molecule has 0 aliphatic rings. The molecule has 0 saturated heterocycles. The molecule has 12 nitrogen and oxygen atoms in total. The molecule has 0 fully saturated rings. The largest absolute Gasteiger partial charge is 2.00 e. The van der Waals surface area contributed by atoms with Crippen LogP contribution in [0.1, 0.15) is 0 Å². The van der Waals surface area contributed by atoms with Crippen LogP contribution >= 0.6 is 0 Å². The van der Waals surface area contributed by atoms with Gasteiger partial charge in [0.2, 0.25) is 0 Å². The van der Waals surface area contributed by atoms with Gasteiger partial charge >= 0.3 is 34.1 Å². The number of hydrogen-bond donors (Lipinski definition) is 0. The van der Waals surface area contributed by atoms with E-state index in [2.05, 4.69) is 0 Å². The molecule has 17 heavy (non-hydrogen) atoms. The van der Waals surface area contributed by atoms with Crippen LogP contribution in [0.5, 0.6) is 0 Å². The molecule has 0 aromatic heterocycles. The molecule has 0 amide bonds. The predicted molar refractivity (Wildman–Crippen MR) is 31.4 cm³/mol. The van der Waals surface area contributed by atoms with Gasteiger partial charge in [0.05, 0.1) is 0 Å². The van der Waals surface area contributed by atoms with Gasteiger partial charge in [0, 0.05) is 31.2 Å². The number of rotatable bonds is 0. The van der Waals surface area contributed by atoms with Gasteiger partial charge in [0.25, 0.3) is 0 Å². The predicted octanol–water partition coefficient (Wildman–Crippen LogP) is -4.02. The van der Waals surface area contributed by atoms with Crippen LogP contribution in [-0.4, -0.2) is 52.6 Å². The Hall–Kier alpha value is 0.649. The Morgan fingerprint density at radius 3 is 0.412 bits per heavy atom. The van der Waals surface area contributed by atoms with Crippen molar-refractivity contribution in [2.45, 2.75) is 0 Å². The molecule has 17 heteroatoms. The molecule has 0 aromatic rings. The van der Waals surface area contributed by atoms with Crippen molar-refractivity contribution in [3.05, 3.63) is 0 Å². The summed E-state index contributed by atoms with van der Waals surface area (Å²) in [4.78, 5) is 0. The Morgan fingerprint density at radius 1 is 0.412 bits per heavy atom. The third-order valence-electron chi connectivity index (χ3n) is 0. The molecule has 0 atom stereocenters. The van der Waals surface area contributed by atoms with E-state index in [1.54, 1.807) is 0 Å². The smallest absolute Gasteiger partial charge is 0.759 e. The molecule has 0 radical (unpaired) electrons. The van der Waals surface area contributed by atoms with Crippen LogP contribution in [0.4, 0.5) is 0 Å². The van der Waals surface area contributed by atoms with Gasteiger partial charge in [-0.25, -0.2) is 0 Å². The molecule has 0 aliphatic carbocycles. The molecule has 0 spiro atoms. The maximum atomic E-state index is 8.52. The molecular formula is Fe2O12S3-2. The Labute approximate surface area is 117 Å². The van der Waals surface area contributed by atoms with Crippen molar-refractivity contribution in [2.75, 3.05) is 0 Å². The first kappa shape index (κ1) is 30.6. The van der Waals surface area contributed by atoms with E-state index in [1.165, 1.54) is 0 Å². The first-order chi connectivity index (χ1) is 6.00. The van der Waals surface area contributed by atoms with E-state index in [1.807, 2.05) is 0 Å². The maximum absolute atomic E-state index is 8.52. The van der Waals surface area contributed by atoms with Gasteiger partial charge in [-0.3, -0.25) is 25.3 Å². The van der Waals surface area contributed by atoms with Crippen LogP contribution in [0.2, 0.25) is 0 Å². The zero-order chi connectivity index (χ0) is 13.5. The van der Waals surface area contributed by atoms with Gasteiger partial charge in [-0.2, -0.15) is 0 Å². The quantitative estimate of drug-likeness (QED) is 0.214. The fraction of sp³-hybridized carbons (Fsp3) is 0. The third-order valence-corrected chi connectivity index (χ3v) is 0. The van der Waals surface area contributed by atoms with E-state index in [0.29, 0.717) is 0 Å². The van der Waals surface area contributed by atoms with Gasteiger partial charge in [0.1, 0.15) is 0 Å². The van der Waals surface area contributed by atoms with Gasteiger partial charge in [-0.05, 0) is 0 Å². The molecular weight excluding hydrogens is 400 g/mol. The summed E-state index contributed by atoms with van der Waals surface area (Å²) in [5.74, 6) is 0. The summed E-state index contributed by atoms with van der Waals surface area (Å²) in [5.41, 5.74) is 0. The molecule has 0 rings (SSSR count). The average Bonchev–Trinajstić information content (AvgIpc) is 1.41. The normalized spacial score (nSPS) is 10.2. The molecule has 0 heterocycles. The summed E-state index contributed by atoms with van der Waals surface area (Å²) in [6.07, 6.45) is 0. The topological polar surface area (TPSA) is 241 Å². The average molecular weight is 400 g/mol. The van der Waals surface area contributed by atoms with Crippen LogP contribution in [-0.2, 0) is 65.3 Å². The summed E-state index contributed by atoms with van der Waals surface area (Å²) in [6, 6.07) is 0. The summed E-state index contributed by atoms with van der Waals surface area (Å²) in [5, 5.41) is 0. The van der Waals surface area contributed by atoms with Crippen molar-refractivity contribution >= 4 is 31.2 Å². The van der Waals surface area contributed by atoms with Gasteiger partial charge in [-0.15, -0.1) is 0 Å². The molecule has 0 aliphatic heterocycles. The fourth-order valence-electron chi connectivity index (χ4n) is 0. The van der Waals surface area contributed by atoms with Gasteiger partial charge in [0.15, 0.2) is 0 Å². The molecule has 0 unspecified atom stereocenters. The zero-order valence-electron chi connectivity index (χ0n) is 6.83. The van der Waals surface area contributed by atoms with Crippen LogP contribution < -0.4 is 0 Å². The summed E-state index contributed by atoms with van der Waals surface area (Å²) in [7, 11) is -15.5. The Kier molecular flexibility index (Phi) is 21.1. The van der Waals surface area contributed by atoms with Crippen molar-refractivity contribution < 1.29 is 86.7 Å². The first-order valence-corrected chi connectivity index (χ1v) is 6.00. The van der Waals surface area contributed by atoms with Crippen molar-refractivity contribution in [3.63, 3.8) is 0 Å². The molecule has 0 bridgehead atoms. The second kappa shape index (κ2) is 11.7. The summed E-state index contributed by atoms with van der Waals surface area (Å²) < 4.78 is 102. The van der Waals surface area contributed by atoms with Gasteiger partial charge < -0.3 is 27.3 Å². The van der Waals surface area contributed by atoms with Crippen molar-refractivity contribution in [1.82, 2.24) is 0 Å². The van der Waals surface area contributed by atoms with E-state index in [-0.39, 0.29) is 34.1 Å². The molecule has 0 N–H and O–H groups in total. The van der Waals surface area contributed by atoms with E-state index >= 15 is 0 Å². The third kappa shape index (κ3) is 8480. The van der Waals surface area contributed by atoms with E-state index in [0.717, 1.165) is 0 Å². The van der Waals surface area contributed by atoms with Crippen LogP contribution in [0.15, 0.2) is 0 Å². The minimum atomic E-state index is -5.17. The van der Waals surface area contributed by atoms with Crippen LogP contribution in [0.25, 0.3) is 0 Å². The fourth-order valence-corrected chi connectivity index (χ4v) is 0. The SMILES string of the molecule is O=S(=O)([O-])[O-].O=S(=O)([O-])[O-].O=S(=O)([O-])[O-].[Fe+2].[Fe+2]. The summed E-state index contributed by atoms with van der Waals surface area (Å²) >= 11 is 0. The monoisotopic (exact) mass is 400 g/mol. The summed E-state index contributed by atoms with van der Waals surface area (Å²) in [6.45, 7) is 0. The van der Waals surface area contributed by atoms with Crippen molar-refractivity contribution in [1.29, 1.82) is 0 Å². The van der Waals surface area contributed by atoms with E-state index in [9.17, 15) is 0 Å². The van der Waals surface area contributed by atoms with Crippen LogP contribution in [0.3, 0.4) is 0 Å². The second-order valence-corrected chi connectivity index (χ2v) is 3.67. The second-order valence-electron chi connectivity index (χ2n) is 1.22. The van der Waals surface area contributed by atoms with Gasteiger partial charge in [-0.1, -0.05) is 0 Å². The minimum Gasteiger partial charge on any atom is -0.759 e. The Morgan fingerprint density at radius 2 is 0.412 bits per heavy atom. The van der Waals surface area contributed by atoms with Crippen LogP contribution in [0, 0.1) is 0 Å². The van der Waals surface area contributed by atoms with E-state index < -0.39 is 31.2 Å². The first-order valence-electron chi connectivity index (χ1n) is 2.00. The standard InChI is InChI=1S/2Fe.3H2O4S/c;;3*1-5(2,3)4/h;;3*(H2,1,2,3,4)/q2*+2;;;/p-6. The Balaban J connectivity index is -0.0000000400. The minimum absolute atomic E-state index is 0. The molecule has 108 valence electrons. The van der Waals surface area contributed by atoms with E-state index in [4.69, 9.17) is 52.6 Å². The zero-order valence-corrected chi connectivity index (χ0v) is 11.5.